The van der Waals surface area contributed by atoms with Crippen LogP contribution in [0.5, 0.6) is 5.75 Å². The Morgan fingerprint density at radius 2 is 1.96 bits per heavy atom. The molecule has 0 bridgehead atoms. The van der Waals surface area contributed by atoms with Gasteiger partial charge in [-0.2, -0.15) is 0 Å². The van der Waals surface area contributed by atoms with Gasteiger partial charge in [0.15, 0.2) is 0 Å². The molecule has 5 heteroatoms. The molecule has 0 aliphatic heterocycles. The zero-order chi connectivity index (χ0) is 16.5. The summed E-state index contributed by atoms with van der Waals surface area (Å²) in [6.07, 6.45) is 1.70. The van der Waals surface area contributed by atoms with Crippen molar-refractivity contribution in [1.29, 1.82) is 0 Å². The van der Waals surface area contributed by atoms with Crippen LogP contribution in [0, 0.1) is 5.82 Å². The number of nitrogens with one attached hydrogen (secondary N) is 1. The first-order valence-corrected chi connectivity index (χ1v) is 7.43. The predicted molar refractivity (Wildman–Crippen MR) is 89.0 cm³/mol. The number of ether oxygens (including phenoxy) is 1. The molecule has 1 N–H and O–H groups in total. The largest absolute Gasteiger partial charge is 0.489 e. The molecule has 0 heterocycles. The van der Waals surface area contributed by atoms with Crippen molar-refractivity contribution in [3.8, 4) is 5.75 Å². The minimum atomic E-state index is -0.251. The van der Waals surface area contributed by atoms with Crippen LogP contribution >= 0.6 is 0 Å². The van der Waals surface area contributed by atoms with Gasteiger partial charge < -0.3 is 14.9 Å². The molecular weight excluding hydrogens is 295 g/mol. The minimum absolute atomic E-state index is 0.124. The quantitative estimate of drug-likeness (QED) is 0.598. The van der Waals surface area contributed by atoms with Crippen molar-refractivity contribution in [3.05, 3.63) is 65.5 Å². The average Bonchev–Trinajstić information content (AvgIpc) is 2.57. The van der Waals surface area contributed by atoms with E-state index in [0.717, 1.165) is 23.4 Å². The van der Waals surface area contributed by atoms with Gasteiger partial charge in [0, 0.05) is 12.6 Å². The van der Waals surface area contributed by atoms with Crippen LogP contribution in [0.25, 0.3) is 0 Å². The Bertz CT molecular complexity index is 629. The van der Waals surface area contributed by atoms with Crippen LogP contribution in [-0.2, 0) is 18.0 Å². The first-order chi connectivity index (χ1) is 11.2. The molecular formula is C18H21FN2O2. The van der Waals surface area contributed by atoms with Crippen molar-refractivity contribution in [1.82, 2.24) is 5.32 Å². The molecule has 1 atom stereocenters. The molecule has 0 fully saturated rings. The van der Waals surface area contributed by atoms with Gasteiger partial charge in [-0.1, -0.05) is 29.4 Å². The summed E-state index contributed by atoms with van der Waals surface area (Å²) in [5.41, 5.74) is 1.95. The highest BCUT2D eigenvalue weighted by molar-refractivity contribution is 5.62. The molecule has 2 aromatic carbocycles. The van der Waals surface area contributed by atoms with Crippen molar-refractivity contribution in [2.75, 3.05) is 7.11 Å². The van der Waals surface area contributed by atoms with Crippen LogP contribution in [0.4, 0.5) is 4.39 Å². The van der Waals surface area contributed by atoms with Crippen molar-refractivity contribution in [2.45, 2.75) is 26.1 Å². The Morgan fingerprint density at radius 1 is 1.17 bits per heavy atom. The van der Waals surface area contributed by atoms with Crippen molar-refractivity contribution < 1.29 is 14.0 Å². The summed E-state index contributed by atoms with van der Waals surface area (Å²) in [6.45, 7) is 3.07. The van der Waals surface area contributed by atoms with Crippen LogP contribution in [-0.4, -0.2) is 19.4 Å². The van der Waals surface area contributed by atoms with Gasteiger partial charge in [-0.15, -0.1) is 0 Å². The molecule has 23 heavy (non-hydrogen) atoms. The Morgan fingerprint density at radius 3 is 2.65 bits per heavy atom. The van der Waals surface area contributed by atoms with Gasteiger partial charge in [0.2, 0.25) is 0 Å². The number of oxime groups is 1. The molecule has 4 nitrogen and oxygen atoms in total. The van der Waals surface area contributed by atoms with Gasteiger partial charge in [0.05, 0.1) is 6.21 Å². The van der Waals surface area contributed by atoms with Crippen LogP contribution in [0.2, 0.25) is 0 Å². The topological polar surface area (TPSA) is 42.8 Å². The highest BCUT2D eigenvalue weighted by Crippen LogP contribution is 2.14. The average molecular weight is 316 g/mol. The zero-order valence-electron chi connectivity index (χ0n) is 13.3. The third kappa shape index (κ3) is 6.08. The highest BCUT2D eigenvalue weighted by atomic mass is 19.1. The molecule has 0 amide bonds. The molecule has 0 saturated carbocycles. The summed E-state index contributed by atoms with van der Waals surface area (Å²) in [7, 11) is 1.52. The fraction of sp³-hybridized carbons (Fsp3) is 0.278. The van der Waals surface area contributed by atoms with Crippen molar-refractivity contribution in [3.63, 3.8) is 0 Å². The summed E-state index contributed by atoms with van der Waals surface area (Å²) in [6, 6.07) is 14.3. The molecule has 0 radical (unpaired) electrons. The third-order valence-electron chi connectivity index (χ3n) is 3.24. The van der Waals surface area contributed by atoms with E-state index in [2.05, 4.69) is 15.3 Å². The lowest BCUT2D eigenvalue weighted by Crippen LogP contribution is -2.26. The van der Waals surface area contributed by atoms with Crippen LogP contribution < -0.4 is 10.1 Å². The lowest BCUT2D eigenvalue weighted by atomic mass is 10.2. The Balaban J connectivity index is 1.81. The Labute approximate surface area is 135 Å². The van der Waals surface area contributed by atoms with Gasteiger partial charge in [-0.05, 0) is 42.3 Å². The first kappa shape index (κ1) is 17.0. The van der Waals surface area contributed by atoms with E-state index in [0.29, 0.717) is 6.61 Å². The molecule has 2 rings (SSSR count). The monoisotopic (exact) mass is 316 g/mol. The van der Waals surface area contributed by atoms with Crippen molar-refractivity contribution >= 4 is 6.21 Å². The zero-order valence-corrected chi connectivity index (χ0v) is 13.3. The number of nitrogens with zero attached hydrogens (tertiary/aromatic N) is 1. The third-order valence-corrected chi connectivity index (χ3v) is 3.24. The molecule has 2 aromatic rings. The summed E-state index contributed by atoms with van der Waals surface area (Å²) in [5, 5.41) is 7.03. The smallest absolute Gasteiger partial charge is 0.123 e. The molecule has 0 aliphatic carbocycles. The van der Waals surface area contributed by atoms with Crippen LogP contribution in [0.1, 0.15) is 18.1 Å². The van der Waals surface area contributed by atoms with E-state index in [9.17, 15) is 4.39 Å². The van der Waals surface area contributed by atoms with Gasteiger partial charge in [0.1, 0.15) is 25.3 Å². The van der Waals surface area contributed by atoms with E-state index < -0.39 is 0 Å². The lowest BCUT2D eigenvalue weighted by Gasteiger charge is -2.10. The van der Waals surface area contributed by atoms with Crippen LogP contribution in [0.15, 0.2) is 53.7 Å². The predicted octanol–water partition coefficient (Wildman–Crippen LogP) is 3.52. The maximum absolute atomic E-state index is 13.1. The number of benzene rings is 2. The summed E-state index contributed by atoms with van der Waals surface area (Å²) in [4.78, 5) is 4.64. The molecule has 1 unspecified atom stereocenters. The van der Waals surface area contributed by atoms with E-state index in [1.807, 2.05) is 37.3 Å². The Kier molecular flexibility index (Phi) is 6.56. The van der Waals surface area contributed by atoms with E-state index in [1.54, 1.807) is 12.3 Å². The number of rotatable bonds is 8. The SMILES string of the molecule is CON=CC(C)NCc1ccc(OCc2cccc(F)c2)cc1. The number of halogens is 1. The van der Waals surface area contributed by atoms with E-state index >= 15 is 0 Å². The van der Waals surface area contributed by atoms with E-state index in [1.165, 1.54) is 19.2 Å². The van der Waals surface area contributed by atoms with Gasteiger partial charge in [-0.25, -0.2) is 4.39 Å². The maximum Gasteiger partial charge on any atom is 0.123 e. The van der Waals surface area contributed by atoms with E-state index in [4.69, 9.17) is 4.74 Å². The fourth-order valence-electron chi connectivity index (χ4n) is 1.98. The Hall–Kier alpha value is -2.40. The molecule has 0 saturated heterocycles. The van der Waals surface area contributed by atoms with Gasteiger partial charge >= 0.3 is 0 Å². The normalized spacial score (nSPS) is 12.3. The van der Waals surface area contributed by atoms with Crippen LogP contribution in [0.3, 0.4) is 0 Å². The standard InChI is InChI=1S/C18H21FN2O2/c1-14(11-21-22-2)20-12-15-6-8-18(9-7-15)23-13-16-4-3-5-17(19)10-16/h3-11,14,20H,12-13H2,1-2H3. The number of hydrogen-bond donors (Lipinski definition) is 1. The van der Waals surface area contributed by atoms with Crippen molar-refractivity contribution in [2.24, 2.45) is 5.16 Å². The lowest BCUT2D eigenvalue weighted by molar-refractivity contribution is 0.214. The highest BCUT2D eigenvalue weighted by Gasteiger charge is 2.01. The second kappa shape index (κ2) is 8.90. The molecule has 122 valence electrons. The number of hydrogen-bond acceptors (Lipinski definition) is 4. The van der Waals surface area contributed by atoms with Gasteiger partial charge in [-0.3, -0.25) is 0 Å². The minimum Gasteiger partial charge on any atom is -0.489 e. The summed E-state index contributed by atoms with van der Waals surface area (Å²) in [5.74, 6) is 0.505. The second-order valence-corrected chi connectivity index (χ2v) is 5.17. The summed E-state index contributed by atoms with van der Waals surface area (Å²) >= 11 is 0. The fourth-order valence-corrected chi connectivity index (χ4v) is 1.98. The van der Waals surface area contributed by atoms with E-state index in [-0.39, 0.29) is 11.9 Å². The molecule has 0 spiro atoms. The first-order valence-electron chi connectivity index (χ1n) is 7.43. The molecule has 0 aromatic heterocycles. The summed E-state index contributed by atoms with van der Waals surface area (Å²) < 4.78 is 18.7. The second-order valence-electron chi connectivity index (χ2n) is 5.17. The maximum atomic E-state index is 13.1. The van der Waals surface area contributed by atoms with Gasteiger partial charge in [0.25, 0.3) is 0 Å². The molecule has 0 aliphatic rings.